The molecule has 2 aromatic carbocycles. The Morgan fingerprint density at radius 2 is 1.45 bits per heavy atom. The molecular formula is C17H23Cl3SiTi. The van der Waals surface area contributed by atoms with Gasteiger partial charge in [0.25, 0.3) is 0 Å². The second-order valence-electron chi connectivity index (χ2n) is 5.82. The van der Waals surface area contributed by atoms with E-state index in [1.807, 2.05) is 0 Å². The van der Waals surface area contributed by atoms with E-state index in [0.717, 1.165) is 6.42 Å². The maximum absolute atomic E-state index is 2.47. The summed E-state index contributed by atoms with van der Waals surface area (Å²) in [5.41, 5.74) is 4.30. The van der Waals surface area contributed by atoms with E-state index in [-0.39, 0.29) is 58.9 Å². The van der Waals surface area contributed by atoms with Crippen LogP contribution in [0.25, 0.3) is 0 Å². The van der Waals surface area contributed by atoms with Crippen LogP contribution in [0.5, 0.6) is 0 Å². The molecule has 0 heterocycles. The van der Waals surface area contributed by atoms with Crippen molar-refractivity contribution in [3.63, 3.8) is 0 Å². The summed E-state index contributed by atoms with van der Waals surface area (Å²) in [5, 5.41) is 3.16. The minimum absolute atomic E-state index is 0. The number of aryl methyl sites for hydroxylation is 3. The molecule has 5 heteroatoms. The zero-order valence-corrected chi connectivity index (χ0v) is 18.6. The van der Waals surface area contributed by atoms with Gasteiger partial charge in [0.1, 0.15) is 0 Å². The summed E-state index contributed by atoms with van der Waals surface area (Å²) in [6.45, 7) is 11.6. The van der Waals surface area contributed by atoms with Crippen molar-refractivity contribution in [3.8, 4) is 0 Å². The Hall–Kier alpha value is 0.371. The van der Waals surface area contributed by atoms with Gasteiger partial charge in [0, 0.05) is 0 Å². The maximum atomic E-state index is 2.47. The van der Waals surface area contributed by atoms with Crippen molar-refractivity contribution in [3.05, 3.63) is 53.1 Å². The predicted octanol–water partition coefficient (Wildman–Crippen LogP) is -5.58. The molecule has 0 N–H and O–H groups in total. The fourth-order valence-corrected chi connectivity index (χ4v) is 5.93. The quantitative estimate of drug-likeness (QED) is 0.350. The van der Waals surface area contributed by atoms with Gasteiger partial charge in [0.05, 0.1) is 8.07 Å². The topological polar surface area (TPSA) is 0 Å². The van der Waals surface area contributed by atoms with Gasteiger partial charge in [-0.05, 0) is 13.8 Å². The third kappa shape index (κ3) is 5.78. The number of rotatable bonds is 3. The van der Waals surface area contributed by atoms with E-state index < -0.39 is 8.07 Å². The Labute approximate surface area is 170 Å². The molecule has 0 bridgehead atoms. The monoisotopic (exact) mass is 408 g/mol. The SMILES string of the molecule is CCc1ccc[c-]1[Si](C)(C)c1cc(C)cc(C)c1.[Cl-].[Cl-].[Cl-].[Ti+4]. The first-order valence-electron chi connectivity index (χ1n) is 6.79. The Morgan fingerprint density at radius 3 is 1.91 bits per heavy atom. The van der Waals surface area contributed by atoms with Gasteiger partial charge in [-0.15, -0.1) is 0 Å². The first-order valence-corrected chi connectivity index (χ1v) is 9.79. The molecule has 0 saturated carbocycles. The molecule has 0 aliphatic carbocycles. The normalized spacial score (nSPS) is 9.68. The number of hydrogen-bond acceptors (Lipinski definition) is 0. The minimum Gasteiger partial charge on any atom is -1.00 e. The van der Waals surface area contributed by atoms with E-state index in [9.17, 15) is 0 Å². The van der Waals surface area contributed by atoms with Gasteiger partial charge in [-0.2, -0.15) is 16.8 Å². The van der Waals surface area contributed by atoms with E-state index in [0.29, 0.717) is 0 Å². The molecule has 0 aromatic heterocycles. The van der Waals surface area contributed by atoms with Gasteiger partial charge in [-0.25, -0.2) is 12.1 Å². The van der Waals surface area contributed by atoms with E-state index in [1.165, 1.54) is 16.7 Å². The molecule has 0 atom stereocenters. The summed E-state index contributed by atoms with van der Waals surface area (Å²) < 4.78 is 0. The van der Waals surface area contributed by atoms with Crippen LogP contribution in [0.3, 0.4) is 0 Å². The molecule has 0 fully saturated rings. The van der Waals surface area contributed by atoms with Crippen LogP contribution >= 0.6 is 0 Å². The van der Waals surface area contributed by atoms with Crippen LogP contribution in [0, 0.1) is 13.8 Å². The standard InChI is InChI=1S/C17H23Si.3ClH.Ti/c1-6-15-8-7-9-17(15)18(4,5)16-11-13(2)10-14(3)12-16;;;;/h7-12H,6H2,1-5H3;3*1H;/q-1;;;;+4/p-3. The molecule has 22 heavy (non-hydrogen) atoms. The van der Waals surface area contributed by atoms with E-state index >= 15 is 0 Å². The summed E-state index contributed by atoms with van der Waals surface area (Å²) in [4.78, 5) is 0. The third-order valence-corrected chi connectivity index (χ3v) is 7.47. The Bertz CT molecular complexity index is 545. The number of benzene rings is 1. The van der Waals surface area contributed by atoms with Gasteiger partial charge in [-0.3, -0.25) is 0 Å². The molecule has 0 nitrogen and oxygen atoms in total. The Kier molecular flexibility index (Phi) is 13.6. The zero-order chi connectivity index (χ0) is 13.3. The van der Waals surface area contributed by atoms with Crippen LogP contribution in [-0.2, 0) is 28.1 Å². The smallest absolute Gasteiger partial charge is 1.00 e. The average molecular weight is 410 g/mol. The van der Waals surface area contributed by atoms with E-state index in [1.54, 1.807) is 10.4 Å². The summed E-state index contributed by atoms with van der Waals surface area (Å²) in [7, 11) is -1.53. The number of hydrogen-bond donors (Lipinski definition) is 0. The largest absolute Gasteiger partial charge is 4.00 e. The van der Waals surface area contributed by atoms with Crippen LogP contribution in [0.1, 0.15) is 23.6 Å². The fraction of sp³-hybridized carbons (Fsp3) is 0.353. The molecule has 0 amide bonds. The molecule has 0 aliphatic rings. The average Bonchev–Trinajstić information content (AvgIpc) is 2.76. The molecule has 0 aliphatic heterocycles. The third-order valence-electron chi connectivity index (χ3n) is 3.90. The van der Waals surface area contributed by atoms with Crippen molar-refractivity contribution in [1.29, 1.82) is 0 Å². The summed E-state index contributed by atoms with van der Waals surface area (Å²) in [6.07, 6.45) is 1.14. The van der Waals surface area contributed by atoms with Crippen molar-refractivity contribution in [2.45, 2.75) is 40.3 Å². The fourth-order valence-electron chi connectivity index (χ4n) is 2.87. The number of halogens is 3. The first kappa shape index (κ1) is 27.2. The second kappa shape index (κ2) is 11.0. The Balaban J connectivity index is -0.000000902. The van der Waals surface area contributed by atoms with Gasteiger partial charge >= 0.3 is 21.7 Å². The van der Waals surface area contributed by atoms with E-state index in [2.05, 4.69) is 70.3 Å². The van der Waals surface area contributed by atoms with Gasteiger partial charge in [0.15, 0.2) is 0 Å². The molecule has 0 spiro atoms. The van der Waals surface area contributed by atoms with Crippen molar-refractivity contribution in [1.82, 2.24) is 0 Å². The van der Waals surface area contributed by atoms with Crippen LogP contribution < -0.4 is 47.6 Å². The van der Waals surface area contributed by atoms with Crippen molar-refractivity contribution in [2.24, 2.45) is 0 Å². The summed E-state index contributed by atoms with van der Waals surface area (Å²) >= 11 is 0. The van der Waals surface area contributed by atoms with Crippen LogP contribution in [0.15, 0.2) is 36.4 Å². The van der Waals surface area contributed by atoms with Gasteiger partial charge < -0.3 is 37.2 Å². The molecule has 0 radical (unpaired) electrons. The van der Waals surface area contributed by atoms with Gasteiger partial charge in [0.2, 0.25) is 0 Å². The summed E-state index contributed by atoms with van der Waals surface area (Å²) in [6, 6.07) is 13.9. The first-order chi connectivity index (χ1) is 8.45. The van der Waals surface area contributed by atoms with Crippen molar-refractivity contribution >= 4 is 18.4 Å². The minimum atomic E-state index is -1.53. The van der Waals surface area contributed by atoms with Crippen molar-refractivity contribution in [2.75, 3.05) is 0 Å². The molecule has 2 aromatic rings. The van der Waals surface area contributed by atoms with Crippen LogP contribution in [0.4, 0.5) is 0 Å². The van der Waals surface area contributed by atoms with Crippen LogP contribution in [0.2, 0.25) is 13.1 Å². The predicted molar refractivity (Wildman–Crippen MR) is 84.1 cm³/mol. The Morgan fingerprint density at radius 1 is 0.955 bits per heavy atom. The molecule has 2 rings (SSSR count). The molecule has 0 saturated heterocycles. The maximum Gasteiger partial charge on any atom is 4.00 e. The second-order valence-corrected chi connectivity index (χ2v) is 10.2. The van der Waals surface area contributed by atoms with Crippen LogP contribution in [-0.4, -0.2) is 8.07 Å². The molecule has 0 unspecified atom stereocenters. The van der Waals surface area contributed by atoms with Gasteiger partial charge in [-0.1, -0.05) is 61.0 Å². The molecular weight excluding hydrogens is 386 g/mol. The summed E-state index contributed by atoms with van der Waals surface area (Å²) in [5.74, 6) is 0. The molecule has 120 valence electrons. The van der Waals surface area contributed by atoms with Crippen molar-refractivity contribution < 1.29 is 58.9 Å². The zero-order valence-electron chi connectivity index (χ0n) is 13.8. The van der Waals surface area contributed by atoms with E-state index in [4.69, 9.17) is 0 Å².